The summed E-state index contributed by atoms with van der Waals surface area (Å²) in [5.74, 6) is -1.51. The molecule has 19 heavy (non-hydrogen) atoms. The second kappa shape index (κ2) is 5.47. The molecule has 1 saturated carbocycles. The largest absolute Gasteiger partial charge is 0.505 e. The minimum Gasteiger partial charge on any atom is -0.505 e. The summed E-state index contributed by atoms with van der Waals surface area (Å²) in [6.07, 6.45) is 3.43. The minimum absolute atomic E-state index is 0.0405. The van der Waals surface area contributed by atoms with Crippen molar-refractivity contribution in [3.05, 3.63) is 15.6 Å². The Bertz CT molecular complexity index is 493. The van der Waals surface area contributed by atoms with Gasteiger partial charge in [0.1, 0.15) is 15.6 Å². The third-order valence-corrected chi connectivity index (χ3v) is 4.17. The number of phenols is 2. The van der Waals surface area contributed by atoms with Gasteiger partial charge in [0.25, 0.3) is 0 Å². The molecule has 0 bridgehead atoms. The number of phenolic OH excluding ortho intramolecular Hbond substituents is 2. The van der Waals surface area contributed by atoms with Gasteiger partial charge in [-0.1, -0.05) is 36.0 Å². The number of aromatic hydroxyl groups is 2. The first-order valence-corrected chi connectivity index (χ1v) is 6.75. The second-order valence-electron chi connectivity index (χ2n) is 4.58. The lowest BCUT2D eigenvalue weighted by Gasteiger charge is -2.16. The molecule has 0 aliphatic heterocycles. The first kappa shape index (κ1) is 14.3. The van der Waals surface area contributed by atoms with E-state index < -0.39 is 11.5 Å². The van der Waals surface area contributed by atoms with Crippen LogP contribution in [0.4, 0.5) is 0 Å². The quantitative estimate of drug-likeness (QED) is 0.834. The SMILES string of the molecule is COc1c(Cl)c(O)c(C(=O)C2CCCC2)c(O)c1Cl. The molecule has 2 N–H and O–H groups in total. The number of hydrogen-bond acceptors (Lipinski definition) is 4. The Morgan fingerprint density at radius 3 is 2.05 bits per heavy atom. The van der Waals surface area contributed by atoms with Crippen LogP contribution in [0, 0.1) is 5.92 Å². The minimum atomic E-state index is -0.475. The summed E-state index contributed by atoms with van der Waals surface area (Å²) in [7, 11) is 1.31. The standard InChI is InChI=1S/C13H14Cl2O4/c1-19-13-8(14)11(17)7(12(18)9(13)15)10(16)6-4-2-3-5-6/h6,17-18H,2-5H2,1H3. The van der Waals surface area contributed by atoms with E-state index in [0.717, 1.165) is 25.7 Å². The number of ether oxygens (including phenoxy) is 1. The lowest BCUT2D eigenvalue weighted by molar-refractivity contribution is 0.0917. The fourth-order valence-electron chi connectivity index (χ4n) is 2.45. The van der Waals surface area contributed by atoms with E-state index in [1.807, 2.05) is 0 Å². The highest BCUT2D eigenvalue weighted by Gasteiger charge is 2.32. The van der Waals surface area contributed by atoms with Crippen molar-refractivity contribution in [2.24, 2.45) is 5.92 Å². The van der Waals surface area contributed by atoms with Crippen molar-refractivity contribution in [2.45, 2.75) is 25.7 Å². The fraction of sp³-hybridized carbons (Fsp3) is 0.462. The van der Waals surface area contributed by atoms with Crippen molar-refractivity contribution in [1.82, 2.24) is 0 Å². The number of benzene rings is 1. The fourth-order valence-corrected chi connectivity index (χ4v) is 3.03. The number of methoxy groups -OCH3 is 1. The normalized spacial score (nSPS) is 15.7. The van der Waals surface area contributed by atoms with Crippen molar-refractivity contribution in [1.29, 1.82) is 0 Å². The number of carbonyl (C=O) groups is 1. The predicted octanol–water partition coefficient (Wildman–Crippen LogP) is 3.79. The summed E-state index contributed by atoms with van der Waals surface area (Å²) in [6.45, 7) is 0. The molecular weight excluding hydrogens is 291 g/mol. The average molecular weight is 305 g/mol. The molecule has 1 aromatic rings. The van der Waals surface area contributed by atoms with E-state index in [4.69, 9.17) is 27.9 Å². The molecule has 4 nitrogen and oxygen atoms in total. The molecule has 0 aromatic heterocycles. The first-order valence-electron chi connectivity index (χ1n) is 6.00. The van der Waals surface area contributed by atoms with Crippen molar-refractivity contribution in [2.75, 3.05) is 7.11 Å². The zero-order valence-corrected chi connectivity index (χ0v) is 11.9. The highest BCUT2D eigenvalue weighted by Crippen LogP contribution is 2.49. The van der Waals surface area contributed by atoms with Crippen LogP contribution in [0.25, 0.3) is 0 Å². The molecule has 0 heterocycles. The van der Waals surface area contributed by atoms with Crippen LogP contribution in [-0.2, 0) is 0 Å². The Kier molecular flexibility index (Phi) is 4.11. The zero-order valence-electron chi connectivity index (χ0n) is 10.4. The first-order chi connectivity index (χ1) is 8.99. The molecule has 1 aliphatic carbocycles. The van der Waals surface area contributed by atoms with Crippen LogP contribution >= 0.6 is 23.2 Å². The number of hydrogen-bond donors (Lipinski definition) is 2. The van der Waals surface area contributed by atoms with E-state index in [0.29, 0.717) is 0 Å². The summed E-state index contributed by atoms with van der Waals surface area (Å²) in [4.78, 5) is 12.3. The molecule has 1 fully saturated rings. The lowest BCUT2D eigenvalue weighted by Crippen LogP contribution is -2.12. The number of rotatable bonds is 3. The number of halogens is 2. The van der Waals surface area contributed by atoms with E-state index in [2.05, 4.69) is 0 Å². The topological polar surface area (TPSA) is 66.8 Å². The number of carbonyl (C=O) groups excluding carboxylic acids is 1. The molecule has 2 rings (SSSR count). The van der Waals surface area contributed by atoms with Gasteiger partial charge in [0.05, 0.1) is 7.11 Å². The van der Waals surface area contributed by atoms with Gasteiger partial charge >= 0.3 is 0 Å². The molecule has 104 valence electrons. The van der Waals surface area contributed by atoms with E-state index in [-0.39, 0.29) is 33.1 Å². The maximum absolute atomic E-state index is 12.3. The Labute approximate surface area is 120 Å². The molecule has 1 aliphatic rings. The molecule has 0 atom stereocenters. The summed E-state index contributed by atoms with van der Waals surface area (Å²) in [5, 5.41) is 19.7. The van der Waals surface area contributed by atoms with E-state index in [1.165, 1.54) is 7.11 Å². The van der Waals surface area contributed by atoms with Crippen molar-refractivity contribution in [3.63, 3.8) is 0 Å². The Balaban J connectivity index is 2.54. The van der Waals surface area contributed by atoms with E-state index >= 15 is 0 Å². The number of ketones is 1. The van der Waals surface area contributed by atoms with Crippen LogP contribution < -0.4 is 4.74 Å². The summed E-state index contributed by atoms with van der Waals surface area (Å²) >= 11 is 11.8. The van der Waals surface area contributed by atoms with Crippen LogP contribution in [0.2, 0.25) is 10.0 Å². The molecule has 0 unspecified atom stereocenters. The van der Waals surface area contributed by atoms with Gasteiger partial charge in [0.15, 0.2) is 23.0 Å². The van der Waals surface area contributed by atoms with Gasteiger partial charge in [-0.05, 0) is 12.8 Å². The molecule has 1 aromatic carbocycles. The van der Waals surface area contributed by atoms with Gasteiger partial charge in [-0.3, -0.25) is 4.79 Å². The number of Topliss-reactive ketones (excluding diaryl/α,β-unsaturated/α-hetero) is 1. The van der Waals surface area contributed by atoms with Gasteiger partial charge in [0, 0.05) is 5.92 Å². The van der Waals surface area contributed by atoms with E-state index in [9.17, 15) is 15.0 Å². The maximum atomic E-state index is 12.3. The Hall–Kier alpha value is -1.13. The molecule has 0 radical (unpaired) electrons. The van der Waals surface area contributed by atoms with Gasteiger partial charge < -0.3 is 14.9 Å². The lowest BCUT2D eigenvalue weighted by atomic mass is 9.94. The summed E-state index contributed by atoms with van der Waals surface area (Å²) in [6, 6.07) is 0. The predicted molar refractivity (Wildman–Crippen MR) is 72.6 cm³/mol. The second-order valence-corrected chi connectivity index (χ2v) is 5.33. The summed E-state index contributed by atoms with van der Waals surface area (Å²) < 4.78 is 4.90. The molecule has 0 amide bonds. The Morgan fingerprint density at radius 2 is 1.63 bits per heavy atom. The van der Waals surface area contributed by atoms with Gasteiger partial charge in [0.2, 0.25) is 0 Å². The van der Waals surface area contributed by atoms with Crippen molar-refractivity contribution >= 4 is 29.0 Å². The molecule has 6 heteroatoms. The van der Waals surface area contributed by atoms with Crippen molar-refractivity contribution in [3.8, 4) is 17.2 Å². The monoisotopic (exact) mass is 304 g/mol. The highest BCUT2D eigenvalue weighted by molar-refractivity contribution is 6.40. The van der Waals surface area contributed by atoms with Gasteiger partial charge in [-0.15, -0.1) is 0 Å². The van der Waals surface area contributed by atoms with Crippen molar-refractivity contribution < 1.29 is 19.7 Å². The Morgan fingerprint density at radius 1 is 1.16 bits per heavy atom. The van der Waals surface area contributed by atoms with Crippen LogP contribution in [0.1, 0.15) is 36.0 Å². The molecule has 0 spiro atoms. The van der Waals surface area contributed by atoms with Crippen LogP contribution in [0.5, 0.6) is 17.2 Å². The molecular formula is C13H14Cl2O4. The summed E-state index contributed by atoms with van der Waals surface area (Å²) in [5.41, 5.74) is -0.206. The van der Waals surface area contributed by atoms with Crippen LogP contribution in [0.3, 0.4) is 0 Å². The van der Waals surface area contributed by atoms with Crippen LogP contribution in [0.15, 0.2) is 0 Å². The zero-order chi connectivity index (χ0) is 14.2. The third-order valence-electron chi connectivity index (χ3n) is 3.46. The van der Waals surface area contributed by atoms with Gasteiger partial charge in [-0.2, -0.15) is 0 Å². The maximum Gasteiger partial charge on any atom is 0.173 e. The molecule has 0 saturated heterocycles. The van der Waals surface area contributed by atoms with Crippen LogP contribution in [-0.4, -0.2) is 23.1 Å². The third kappa shape index (κ3) is 2.35. The van der Waals surface area contributed by atoms with Gasteiger partial charge in [-0.25, -0.2) is 0 Å². The van der Waals surface area contributed by atoms with E-state index in [1.54, 1.807) is 0 Å². The average Bonchev–Trinajstić information content (AvgIpc) is 2.91. The highest BCUT2D eigenvalue weighted by atomic mass is 35.5. The smallest absolute Gasteiger partial charge is 0.173 e.